The lowest BCUT2D eigenvalue weighted by molar-refractivity contribution is -0.122. The Morgan fingerprint density at radius 2 is 2.08 bits per heavy atom. The van der Waals surface area contributed by atoms with Crippen molar-refractivity contribution in [2.75, 3.05) is 0 Å². The summed E-state index contributed by atoms with van der Waals surface area (Å²) in [6.07, 6.45) is 15.5. The van der Waals surface area contributed by atoms with Crippen LogP contribution in [0.4, 0.5) is 0 Å². The van der Waals surface area contributed by atoms with E-state index in [1.807, 2.05) is 33.7 Å². The lowest BCUT2D eigenvalue weighted by atomic mass is 9.76. The van der Waals surface area contributed by atoms with Crippen LogP contribution in [-0.2, 0) is 23.2 Å². The Hall–Kier alpha value is -3.62. The third-order valence-electron chi connectivity index (χ3n) is 8.66. The molecule has 206 valence electrons. The molecule has 9 heteroatoms. The molecular formula is C30H39N7O2. The van der Waals surface area contributed by atoms with Crippen molar-refractivity contribution in [3.05, 3.63) is 64.5 Å². The molecule has 1 aliphatic carbocycles. The summed E-state index contributed by atoms with van der Waals surface area (Å²) in [5, 5.41) is 14.5. The van der Waals surface area contributed by atoms with Crippen molar-refractivity contribution >= 4 is 12.0 Å². The number of carbonyl (C=O) groups is 1. The Kier molecular flexibility index (Phi) is 8.04. The second-order valence-electron chi connectivity index (χ2n) is 11.3. The molecule has 5 rings (SSSR count). The predicted octanol–water partition coefficient (Wildman–Crippen LogP) is 5.06. The number of Topliss-reactive ketones (excluding diaryl/α,β-unsaturated/α-hetero) is 1. The van der Waals surface area contributed by atoms with Gasteiger partial charge in [-0.1, -0.05) is 57.4 Å². The van der Waals surface area contributed by atoms with Crippen molar-refractivity contribution < 1.29 is 4.79 Å². The maximum atomic E-state index is 14.3. The molecule has 0 bridgehead atoms. The van der Waals surface area contributed by atoms with Crippen molar-refractivity contribution in [1.82, 2.24) is 29.8 Å². The molecule has 2 aliphatic rings. The van der Waals surface area contributed by atoms with Crippen molar-refractivity contribution in [2.45, 2.75) is 90.1 Å². The number of nitrogens with one attached hydrogen (secondary N) is 1. The highest BCUT2D eigenvalue weighted by Gasteiger charge is 2.37. The molecule has 3 aromatic rings. The van der Waals surface area contributed by atoms with E-state index in [1.54, 1.807) is 6.92 Å². The molecule has 1 N–H and O–H groups in total. The average molecular weight is 530 g/mol. The topological polar surface area (TPSA) is 111 Å². The highest BCUT2D eigenvalue weighted by atomic mass is 16.2. The Labute approximate surface area is 229 Å². The highest BCUT2D eigenvalue weighted by Crippen LogP contribution is 2.38. The number of H-pyrrole nitrogens is 1. The first-order chi connectivity index (χ1) is 18.9. The number of tetrazole rings is 1. The Bertz CT molecular complexity index is 1400. The smallest absolute Gasteiger partial charge is 0.300 e. The van der Waals surface area contributed by atoms with Crippen molar-refractivity contribution in [3.63, 3.8) is 0 Å². The normalized spacial score (nSPS) is 25.1. The van der Waals surface area contributed by atoms with E-state index in [2.05, 4.69) is 63.9 Å². The average Bonchev–Trinajstić information content (AvgIpc) is 3.54. The van der Waals surface area contributed by atoms with Crippen LogP contribution in [0.1, 0.15) is 83.0 Å². The van der Waals surface area contributed by atoms with Gasteiger partial charge in [0.2, 0.25) is 5.82 Å². The number of rotatable bonds is 9. The number of carbonyl (C=O) groups excluding carboxylic acids is 1. The van der Waals surface area contributed by atoms with Gasteiger partial charge in [-0.25, -0.2) is 4.79 Å². The summed E-state index contributed by atoms with van der Waals surface area (Å²) in [4.78, 5) is 31.4. The first-order valence-electron chi connectivity index (χ1n) is 14.3. The summed E-state index contributed by atoms with van der Waals surface area (Å²) in [6.45, 7) is 6.55. The summed E-state index contributed by atoms with van der Waals surface area (Å²) in [5.74, 6) is 0.850. The zero-order valence-electron chi connectivity index (χ0n) is 23.2. The van der Waals surface area contributed by atoms with Crippen LogP contribution in [0.25, 0.3) is 11.4 Å². The van der Waals surface area contributed by atoms with E-state index in [9.17, 15) is 9.59 Å². The Morgan fingerprint density at radius 1 is 1.23 bits per heavy atom. The fourth-order valence-corrected chi connectivity index (χ4v) is 6.46. The van der Waals surface area contributed by atoms with E-state index >= 15 is 0 Å². The number of hydrogen-bond donors (Lipinski definition) is 1. The number of nitrogens with zero attached hydrogens (tertiary/aromatic N) is 6. The zero-order chi connectivity index (χ0) is 27.4. The van der Waals surface area contributed by atoms with E-state index < -0.39 is 5.41 Å². The van der Waals surface area contributed by atoms with Gasteiger partial charge in [0.05, 0.1) is 6.04 Å². The second kappa shape index (κ2) is 11.6. The van der Waals surface area contributed by atoms with Gasteiger partial charge < -0.3 is 0 Å². The van der Waals surface area contributed by atoms with Crippen LogP contribution in [-0.4, -0.2) is 41.8 Å². The first-order valence-corrected chi connectivity index (χ1v) is 14.3. The number of aromatic amines is 1. The molecule has 1 saturated carbocycles. The monoisotopic (exact) mass is 529 g/mol. The van der Waals surface area contributed by atoms with Crippen LogP contribution >= 0.6 is 0 Å². The summed E-state index contributed by atoms with van der Waals surface area (Å²) in [7, 11) is 0. The Morgan fingerprint density at radius 3 is 2.79 bits per heavy atom. The zero-order valence-corrected chi connectivity index (χ0v) is 23.2. The van der Waals surface area contributed by atoms with Gasteiger partial charge in [0.1, 0.15) is 5.78 Å². The number of aromatic nitrogens is 6. The van der Waals surface area contributed by atoms with Gasteiger partial charge >= 0.3 is 5.69 Å². The van der Waals surface area contributed by atoms with Crippen molar-refractivity contribution in [2.24, 2.45) is 16.8 Å². The number of allylic oxidation sites excluding steroid dienone is 1. The molecule has 0 amide bonds. The molecule has 39 heavy (non-hydrogen) atoms. The molecule has 1 aromatic carbocycles. The number of unbranched alkanes of at least 4 members (excludes halogenated alkanes) is 1. The largest absolute Gasteiger partial charge is 0.328 e. The van der Waals surface area contributed by atoms with Crippen molar-refractivity contribution in [3.8, 4) is 11.4 Å². The second-order valence-corrected chi connectivity index (χ2v) is 11.3. The van der Waals surface area contributed by atoms with Gasteiger partial charge in [-0.3, -0.25) is 18.9 Å². The molecular weight excluding hydrogens is 490 g/mol. The summed E-state index contributed by atoms with van der Waals surface area (Å²) >= 11 is 0. The summed E-state index contributed by atoms with van der Waals surface area (Å²) in [6, 6.07) is 8.04. The highest BCUT2D eigenvalue weighted by molar-refractivity contribution is 5.78. The van der Waals surface area contributed by atoms with Gasteiger partial charge in [-0.05, 0) is 61.8 Å². The van der Waals surface area contributed by atoms with Gasteiger partial charge in [-0.2, -0.15) is 5.21 Å². The number of aliphatic imine (C=N–C) groups is 1. The minimum atomic E-state index is -0.465. The van der Waals surface area contributed by atoms with Gasteiger partial charge in [-0.15, -0.1) is 10.2 Å². The van der Waals surface area contributed by atoms with Crippen LogP contribution in [0.3, 0.4) is 0 Å². The number of imidazole rings is 1. The number of benzene rings is 1. The molecule has 0 spiro atoms. The minimum Gasteiger partial charge on any atom is -0.300 e. The maximum Gasteiger partial charge on any atom is 0.328 e. The minimum absolute atomic E-state index is 0.0179. The molecule has 4 atom stereocenters. The van der Waals surface area contributed by atoms with Crippen LogP contribution < -0.4 is 5.69 Å². The standard InChI is InChI=1S/C30H39N7O2/c1-4-5-12-25-19-36(27-21(2)9-6-7-13-26(27)22(3)38)29(39)37(25)20-30(14-16-31-17-15-30)24-11-8-10-23(18-24)28-32-34-35-33-28/h8,10-11,14,16-19,21,26-27H,4-7,9,12-13,15,20H2,1-3H3,(H,32,33,34,35). The molecule has 1 fully saturated rings. The van der Waals surface area contributed by atoms with E-state index in [0.29, 0.717) is 18.8 Å². The van der Waals surface area contributed by atoms with E-state index in [4.69, 9.17) is 0 Å². The Balaban J connectivity index is 1.60. The van der Waals surface area contributed by atoms with Crippen LogP contribution in [0, 0.1) is 11.8 Å². The fourth-order valence-electron chi connectivity index (χ4n) is 6.46. The van der Waals surface area contributed by atoms with Crippen LogP contribution in [0.2, 0.25) is 0 Å². The first kappa shape index (κ1) is 27.0. The third-order valence-corrected chi connectivity index (χ3v) is 8.66. The van der Waals surface area contributed by atoms with E-state index in [-0.39, 0.29) is 29.4 Å². The number of hydrogen-bond acceptors (Lipinski definition) is 6. The van der Waals surface area contributed by atoms with Gasteiger partial charge in [0, 0.05) is 47.7 Å². The van der Waals surface area contributed by atoms with E-state index in [1.165, 1.54) is 0 Å². The number of ketones is 1. The molecule has 4 unspecified atom stereocenters. The lowest BCUT2D eigenvalue weighted by Gasteiger charge is -2.32. The molecule has 9 nitrogen and oxygen atoms in total. The van der Waals surface area contributed by atoms with Gasteiger partial charge in [0.25, 0.3) is 0 Å². The van der Waals surface area contributed by atoms with Crippen molar-refractivity contribution in [1.29, 1.82) is 0 Å². The molecule has 0 saturated heterocycles. The molecule has 3 heterocycles. The number of aryl methyl sites for hydroxylation is 1. The lowest BCUT2D eigenvalue weighted by Crippen LogP contribution is -2.40. The molecule has 0 radical (unpaired) electrons. The quantitative estimate of drug-likeness (QED) is 0.390. The fraction of sp³-hybridized carbons (Fsp3) is 0.533. The molecule has 1 aliphatic heterocycles. The van der Waals surface area contributed by atoms with Crippen LogP contribution in [0.15, 0.2) is 52.5 Å². The van der Waals surface area contributed by atoms with Gasteiger partial charge in [0.15, 0.2) is 0 Å². The van der Waals surface area contributed by atoms with Crippen LogP contribution in [0.5, 0.6) is 0 Å². The molecule has 2 aromatic heterocycles. The summed E-state index contributed by atoms with van der Waals surface area (Å²) < 4.78 is 3.88. The summed E-state index contributed by atoms with van der Waals surface area (Å²) in [5.41, 5.74) is 2.48. The maximum absolute atomic E-state index is 14.3. The predicted molar refractivity (Wildman–Crippen MR) is 152 cm³/mol. The van der Waals surface area contributed by atoms with E-state index in [0.717, 1.165) is 61.8 Å². The SMILES string of the molecule is CCCCc1cn(C2C(C)CCCCC2C(C)=O)c(=O)n1CC1(c2cccc(-c3nn[nH]n3)c2)C=CN=CC1. The third kappa shape index (κ3) is 5.44.